The molecule has 1 aliphatic rings. The van der Waals surface area contributed by atoms with Crippen molar-refractivity contribution in [2.75, 3.05) is 6.54 Å². The number of aromatic carboxylic acids is 1. The number of carboxylic acid groups (broad SMARTS) is 1. The van der Waals surface area contributed by atoms with Gasteiger partial charge in [0.15, 0.2) is 0 Å². The summed E-state index contributed by atoms with van der Waals surface area (Å²) in [5.41, 5.74) is 4.07. The second-order valence-electron chi connectivity index (χ2n) is 6.08. The lowest BCUT2D eigenvalue weighted by molar-refractivity contribution is 0.0696. The average Bonchev–Trinajstić information content (AvgIpc) is 3.02. The van der Waals surface area contributed by atoms with E-state index in [2.05, 4.69) is 17.3 Å². The van der Waals surface area contributed by atoms with E-state index in [-0.39, 0.29) is 0 Å². The molecule has 5 heteroatoms. The van der Waals surface area contributed by atoms with Gasteiger partial charge < -0.3 is 10.4 Å². The first-order chi connectivity index (χ1) is 11.2. The molecule has 0 fully saturated rings. The van der Waals surface area contributed by atoms with Crippen LogP contribution >= 0.6 is 0 Å². The van der Waals surface area contributed by atoms with E-state index >= 15 is 0 Å². The quantitative estimate of drug-likeness (QED) is 0.860. The molecule has 122 valence electrons. The maximum absolute atomic E-state index is 11.2. The number of aryl methyl sites for hydroxylation is 2. The monoisotopic (exact) mass is 313 g/mol. The summed E-state index contributed by atoms with van der Waals surface area (Å²) < 4.78 is 1.99. The number of nitrogens with zero attached hydrogens (tertiary/aromatic N) is 2. The number of hydrogen-bond acceptors (Lipinski definition) is 3. The Balaban J connectivity index is 1.68. The lowest BCUT2D eigenvalue weighted by atomic mass is 9.82. The van der Waals surface area contributed by atoms with E-state index in [1.54, 1.807) is 6.07 Å². The highest BCUT2D eigenvalue weighted by molar-refractivity contribution is 5.88. The molecule has 0 bridgehead atoms. The number of nitrogens with one attached hydrogen (secondary N) is 1. The standard InChI is InChI=1S/C18H23N3O2/c1-2-21-16(8-9-20-21)12-19-11-15-5-3-4-13-6-7-14(18(22)23)10-17(13)15/h6-10,15,19H,2-5,11-12H2,1H3,(H,22,23). The highest BCUT2D eigenvalue weighted by Crippen LogP contribution is 2.32. The van der Waals surface area contributed by atoms with Crippen molar-refractivity contribution in [3.63, 3.8) is 0 Å². The third kappa shape index (κ3) is 3.45. The third-order valence-electron chi connectivity index (χ3n) is 4.63. The maximum atomic E-state index is 11.2. The molecular formula is C18H23N3O2. The van der Waals surface area contributed by atoms with Gasteiger partial charge in [0.1, 0.15) is 0 Å². The molecule has 0 spiro atoms. The van der Waals surface area contributed by atoms with Crippen molar-refractivity contribution in [1.29, 1.82) is 0 Å². The van der Waals surface area contributed by atoms with Crippen LogP contribution in [0, 0.1) is 0 Å². The summed E-state index contributed by atoms with van der Waals surface area (Å²) in [5.74, 6) is -0.465. The van der Waals surface area contributed by atoms with Crippen LogP contribution in [0.25, 0.3) is 0 Å². The molecule has 1 aromatic heterocycles. The van der Waals surface area contributed by atoms with E-state index in [1.807, 2.05) is 29.1 Å². The Morgan fingerprint density at radius 1 is 1.43 bits per heavy atom. The zero-order valence-corrected chi connectivity index (χ0v) is 13.5. The summed E-state index contributed by atoms with van der Waals surface area (Å²) in [6.45, 7) is 4.61. The first-order valence-electron chi connectivity index (χ1n) is 8.26. The van der Waals surface area contributed by atoms with Gasteiger partial charge in [-0.1, -0.05) is 6.07 Å². The van der Waals surface area contributed by atoms with Crippen molar-refractivity contribution in [3.8, 4) is 0 Å². The predicted octanol–water partition coefficient (Wildman–Crippen LogP) is 2.81. The zero-order chi connectivity index (χ0) is 16.2. The fraction of sp³-hybridized carbons (Fsp3) is 0.444. The van der Waals surface area contributed by atoms with Gasteiger partial charge in [-0.05, 0) is 61.4 Å². The third-order valence-corrected chi connectivity index (χ3v) is 4.63. The van der Waals surface area contributed by atoms with Gasteiger partial charge in [-0.2, -0.15) is 5.10 Å². The summed E-state index contributed by atoms with van der Waals surface area (Å²) in [5, 5.41) is 17.0. The van der Waals surface area contributed by atoms with E-state index in [0.717, 1.165) is 32.5 Å². The summed E-state index contributed by atoms with van der Waals surface area (Å²) in [7, 11) is 0. The molecule has 0 radical (unpaired) electrons. The topological polar surface area (TPSA) is 67.2 Å². The maximum Gasteiger partial charge on any atom is 0.335 e. The molecule has 1 atom stereocenters. The molecular weight excluding hydrogens is 290 g/mol. The van der Waals surface area contributed by atoms with E-state index in [1.165, 1.54) is 23.2 Å². The summed E-state index contributed by atoms with van der Waals surface area (Å²) in [6, 6.07) is 7.60. The number of hydrogen-bond donors (Lipinski definition) is 2. The lowest BCUT2D eigenvalue weighted by Gasteiger charge is -2.26. The minimum absolute atomic E-state index is 0.385. The van der Waals surface area contributed by atoms with Crippen LogP contribution in [0.1, 0.15) is 52.9 Å². The van der Waals surface area contributed by atoms with Gasteiger partial charge >= 0.3 is 5.97 Å². The molecule has 5 nitrogen and oxygen atoms in total. The van der Waals surface area contributed by atoms with Crippen LogP contribution in [0.3, 0.4) is 0 Å². The minimum Gasteiger partial charge on any atom is -0.478 e. The number of benzene rings is 1. The summed E-state index contributed by atoms with van der Waals surface area (Å²) >= 11 is 0. The van der Waals surface area contributed by atoms with Gasteiger partial charge in [-0.15, -0.1) is 0 Å². The van der Waals surface area contributed by atoms with Crippen LogP contribution in [0.5, 0.6) is 0 Å². The molecule has 1 unspecified atom stereocenters. The Hall–Kier alpha value is -2.14. The van der Waals surface area contributed by atoms with Crippen LogP contribution in [0.2, 0.25) is 0 Å². The molecule has 2 aromatic rings. The van der Waals surface area contributed by atoms with Crippen molar-refractivity contribution in [3.05, 3.63) is 52.8 Å². The van der Waals surface area contributed by atoms with E-state index < -0.39 is 5.97 Å². The van der Waals surface area contributed by atoms with Crippen LogP contribution in [0.15, 0.2) is 30.5 Å². The van der Waals surface area contributed by atoms with Crippen LogP contribution in [-0.2, 0) is 19.5 Å². The van der Waals surface area contributed by atoms with Crippen molar-refractivity contribution in [2.24, 2.45) is 0 Å². The minimum atomic E-state index is -0.850. The summed E-state index contributed by atoms with van der Waals surface area (Å²) in [4.78, 5) is 11.2. The first-order valence-corrected chi connectivity index (χ1v) is 8.26. The largest absolute Gasteiger partial charge is 0.478 e. The lowest BCUT2D eigenvalue weighted by Crippen LogP contribution is -2.25. The van der Waals surface area contributed by atoms with Crippen LogP contribution in [0.4, 0.5) is 0 Å². The number of rotatable bonds is 6. The van der Waals surface area contributed by atoms with Gasteiger partial charge in [-0.25, -0.2) is 4.79 Å². The van der Waals surface area contributed by atoms with Gasteiger partial charge in [0.05, 0.1) is 11.3 Å². The Morgan fingerprint density at radius 2 is 2.30 bits per heavy atom. The van der Waals surface area contributed by atoms with E-state index in [0.29, 0.717) is 11.5 Å². The smallest absolute Gasteiger partial charge is 0.335 e. The molecule has 2 N–H and O–H groups in total. The molecule has 0 saturated carbocycles. The number of fused-ring (bicyclic) bond motifs is 1. The molecule has 0 amide bonds. The number of aromatic nitrogens is 2. The second-order valence-corrected chi connectivity index (χ2v) is 6.08. The number of carboxylic acids is 1. The zero-order valence-electron chi connectivity index (χ0n) is 13.5. The molecule has 1 aromatic carbocycles. The average molecular weight is 313 g/mol. The SMILES string of the molecule is CCn1nccc1CNCC1CCCc2ccc(C(=O)O)cc21. The van der Waals surface area contributed by atoms with E-state index in [4.69, 9.17) is 0 Å². The van der Waals surface area contributed by atoms with Crippen molar-refractivity contribution in [1.82, 2.24) is 15.1 Å². The fourth-order valence-corrected chi connectivity index (χ4v) is 3.41. The predicted molar refractivity (Wildman–Crippen MR) is 88.7 cm³/mol. The summed E-state index contributed by atoms with van der Waals surface area (Å²) in [6.07, 6.45) is 5.15. The first kappa shape index (κ1) is 15.7. The normalized spacial score (nSPS) is 17.0. The van der Waals surface area contributed by atoms with E-state index in [9.17, 15) is 9.90 Å². The Morgan fingerprint density at radius 3 is 3.09 bits per heavy atom. The molecule has 3 rings (SSSR count). The Bertz CT molecular complexity index is 693. The molecule has 0 saturated heterocycles. The molecule has 0 aliphatic heterocycles. The Kier molecular flexibility index (Phi) is 4.76. The van der Waals surface area contributed by atoms with Crippen molar-refractivity contribution in [2.45, 2.75) is 45.2 Å². The second kappa shape index (κ2) is 6.96. The van der Waals surface area contributed by atoms with Gasteiger partial charge in [0.2, 0.25) is 0 Å². The Labute approximate surface area is 136 Å². The highest BCUT2D eigenvalue weighted by atomic mass is 16.4. The van der Waals surface area contributed by atoms with Crippen LogP contribution in [-0.4, -0.2) is 27.4 Å². The number of carbonyl (C=O) groups is 1. The highest BCUT2D eigenvalue weighted by Gasteiger charge is 2.21. The van der Waals surface area contributed by atoms with Crippen LogP contribution < -0.4 is 5.32 Å². The fourth-order valence-electron chi connectivity index (χ4n) is 3.41. The van der Waals surface area contributed by atoms with Crippen molar-refractivity contribution >= 4 is 5.97 Å². The van der Waals surface area contributed by atoms with Gasteiger partial charge in [-0.3, -0.25) is 4.68 Å². The molecule has 23 heavy (non-hydrogen) atoms. The van der Waals surface area contributed by atoms with Crippen molar-refractivity contribution < 1.29 is 9.90 Å². The van der Waals surface area contributed by atoms with Gasteiger partial charge in [0.25, 0.3) is 0 Å². The molecule has 1 heterocycles. The van der Waals surface area contributed by atoms with Gasteiger partial charge in [0, 0.05) is 25.8 Å². The molecule has 1 aliphatic carbocycles.